The predicted octanol–water partition coefficient (Wildman–Crippen LogP) is 4.45. The van der Waals surface area contributed by atoms with E-state index < -0.39 is 0 Å². The molecule has 5 heteroatoms. The normalized spacial score (nSPS) is 14.9. The topological polar surface area (TPSA) is 49.9 Å². The Morgan fingerprint density at radius 1 is 1.00 bits per heavy atom. The quantitative estimate of drug-likeness (QED) is 0.751. The molecule has 0 radical (unpaired) electrons. The summed E-state index contributed by atoms with van der Waals surface area (Å²) < 4.78 is 6.05. The molecule has 142 valence electrons. The molecular weight excluding hydrogens is 340 g/mol. The van der Waals surface area contributed by atoms with Crippen molar-refractivity contribution in [3.8, 4) is 5.75 Å². The van der Waals surface area contributed by atoms with Gasteiger partial charge in [0.15, 0.2) is 0 Å². The highest BCUT2D eigenvalue weighted by molar-refractivity contribution is 6.12. The number of rotatable bonds is 4. The minimum atomic E-state index is -0.284. The number of carbonyl (C=O) groups excluding carboxylic acids is 2. The SMILES string of the molecule is Cc1cc(CN2C(=O)CN(c3ccccc3)C2=O)cc(C)c1OC(C)(C)C. The molecule has 3 amide bonds. The van der Waals surface area contributed by atoms with Gasteiger partial charge in [-0.25, -0.2) is 4.79 Å². The maximum Gasteiger partial charge on any atom is 0.332 e. The van der Waals surface area contributed by atoms with Gasteiger partial charge < -0.3 is 4.74 Å². The molecule has 0 aliphatic carbocycles. The second kappa shape index (κ2) is 7.06. The number of carbonyl (C=O) groups is 2. The number of amides is 3. The Morgan fingerprint density at radius 2 is 1.59 bits per heavy atom. The van der Waals surface area contributed by atoms with Crippen molar-refractivity contribution in [3.63, 3.8) is 0 Å². The van der Waals surface area contributed by atoms with Gasteiger partial charge in [-0.15, -0.1) is 0 Å². The highest BCUT2D eigenvalue weighted by Crippen LogP contribution is 2.30. The molecule has 2 aromatic rings. The summed E-state index contributed by atoms with van der Waals surface area (Å²) in [5.41, 5.74) is 3.37. The van der Waals surface area contributed by atoms with E-state index in [0.717, 1.165) is 28.1 Å². The zero-order valence-corrected chi connectivity index (χ0v) is 16.6. The van der Waals surface area contributed by atoms with E-state index in [9.17, 15) is 9.59 Å². The summed E-state index contributed by atoms with van der Waals surface area (Å²) in [5, 5.41) is 0. The van der Waals surface area contributed by atoms with Crippen LogP contribution in [0.4, 0.5) is 10.5 Å². The van der Waals surface area contributed by atoms with Crippen molar-refractivity contribution in [3.05, 3.63) is 59.2 Å². The molecule has 1 aliphatic heterocycles. The fourth-order valence-electron chi connectivity index (χ4n) is 3.29. The first kappa shape index (κ1) is 19.0. The molecule has 0 spiro atoms. The van der Waals surface area contributed by atoms with Gasteiger partial charge in [0.05, 0.1) is 6.54 Å². The van der Waals surface area contributed by atoms with Crippen molar-refractivity contribution in [2.45, 2.75) is 46.8 Å². The molecule has 27 heavy (non-hydrogen) atoms. The number of urea groups is 1. The smallest absolute Gasteiger partial charge is 0.332 e. The van der Waals surface area contributed by atoms with Gasteiger partial charge in [0.25, 0.3) is 5.91 Å². The molecule has 0 saturated carbocycles. The molecule has 1 aliphatic rings. The number of hydrogen-bond acceptors (Lipinski definition) is 3. The number of imide groups is 1. The van der Waals surface area contributed by atoms with Crippen LogP contribution < -0.4 is 9.64 Å². The van der Waals surface area contributed by atoms with E-state index in [1.807, 2.05) is 77.1 Å². The minimum absolute atomic E-state index is 0.0754. The second-order valence-electron chi connectivity index (χ2n) is 7.96. The van der Waals surface area contributed by atoms with Crippen molar-refractivity contribution in [1.29, 1.82) is 0 Å². The molecule has 0 bridgehead atoms. The maximum absolute atomic E-state index is 12.8. The molecule has 3 rings (SSSR count). The summed E-state index contributed by atoms with van der Waals surface area (Å²) >= 11 is 0. The Kier molecular flexibility index (Phi) is 4.96. The van der Waals surface area contributed by atoms with E-state index in [1.165, 1.54) is 9.80 Å². The Hall–Kier alpha value is -2.82. The lowest BCUT2D eigenvalue weighted by atomic mass is 10.0. The van der Waals surface area contributed by atoms with Crippen molar-refractivity contribution in [2.75, 3.05) is 11.4 Å². The van der Waals surface area contributed by atoms with Gasteiger partial charge in [0.1, 0.15) is 17.9 Å². The zero-order chi connectivity index (χ0) is 19.8. The summed E-state index contributed by atoms with van der Waals surface area (Å²) in [6.45, 7) is 10.4. The fourth-order valence-corrected chi connectivity index (χ4v) is 3.29. The van der Waals surface area contributed by atoms with Gasteiger partial charge >= 0.3 is 6.03 Å². The van der Waals surface area contributed by atoms with Crippen molar-refractivity contribution >= 4 is 17.6 Å². The number of hydrogen-bond donors (Lipinski definition) is 0. The van der Waals surface area contributed by atoms with E-state index in [4.69, 9.17) is 4.74 Å². The summed E-state index contributed by atoms with van der Waals surface area (Å²) in [6.07, 6.45) is 0. The van der Waals surface area contributed by atoms with Crippen LogP contribution >= 0.6 is 0 Å². The van der Waals surface area contributed by atoms with Gasteiger partial charge in [-0.3, -0.25) is 14.6 Å². The second-order valence-corrected chi connectivity index (χ2v) is 7.96. The van der Waals surface area contributed by atoms with E-state index in [-0.39, 0.29) is 30.6 Å². The Bertz CT molecular complexity index is 846. The summed E-state index contributed by atoms with van der Waals surface area (Å²) in [7, 11) is 0. The first-order chi connectivity index (χ1) is 12.7. The molecule has 0 unspecified atom stereocenters. The zero-order valence-electron chi connectivity index (χ0n) is 16.6. The molecule has 1 fully saturated rings. The highest BCUT2D eigenvalue weighted by atomic mass is 16.5. The van der Waals surface area contributed by atoms with Crippen LogP contribution in [0.3, 0.4) is 0 Å². The number of benzene rings is 2. The van der Waals surface area contributed by atoms with Crippen LogP contribution in [0.2, 0.25) is 0 Å². The lowest BCUT2D eigenvalue weighted by Crippen LogP contribution is -2.32. The number of anilines is 1. The Balaban J connectivity index is 1.81. The third-order valence-electron chi connectivity index (χ3n) is 4.39. The van der Waals surface area contributed by atoms with E-state index >= 15 is 0 Å². The third-order valence-corrected chi connectivity index (χ3v) is 4.39. The number of nitrogens with zero attached hydrogens (tertiary/aromatic N) is 2. The molecule has 0 aromatic heterocycles. The Morgan fingerprint density at radius 3 is 2.15 bits per heavy atom. The van der Waals surface area contributed by atoms with E-state index in [2.05, 4.69) is 0 Å². The van der Waals surface area contributed by atoms with Crippen molar-refractivity contribution in [2.24, 2.45) is 0 Å². The molecule has 1 heterocycles. The van der Waals surface area contributed by atoms with Crippen LogP contribution in [0.5, 0.6) is 5.75 Å². The van der Waals surface area contributed by atoms with Crippen LogP contribution in [0.15, 0.2) is 42.5 Å². The number of aryl methyl sites for hydroxylation is 2. The lowest BCUT2D eigenvalue weighted by molar-refractivity contribution is -0.125. The average molecular weight is 366 g/mol. The van der Waals surface area contributed by atoms with E-state index in [0.29, 0.717) is 0 Å². The standard InChI is InChI=1S/C22H26N2O3/c1-15-11-17(12-16(2)20(15)27-22(3,4)5)13-24-19(25)14-23(21(24)26)18-9-7-6-8-10-18/h6-12H,13-14H2,1-5H3. The lowest BCUT2D eigenvalue weighted by Gasteiger charge is -2.25. The van der Waals surface area contributed by atoms with Gasteiger partial charge in [-0.1, -0.05) is 30.3 Å². The number of ether oxygens (including phenoxy) is 1. The van der Waals surface area contributed by atoms with Crippen LogP contribution in [-0.2, 0) is 11.3 Å². The van der Waals surface area contributed by atoms with Crippen LogP contribution in [-0.4, -0.2) is 29.0 Å². The number of para-hydroxylation sites is 1. The van der Waals surface area contributed by atoms with Gasteiger partial charge in [-0.2, -0.15) is 0 Å². The molecular formula is C22H26N2O3. The van der Waals surface area contributed by atoms with Gasteiger partial charge in [-0.05, 0) is 63.4 Å². The monoisotopic (exact) mass is 366 g/mol. The summed E-state index contributed by atoms with van der Waals surface area (Å²) in [5.74, 6) is 0.672. The van der Waals surface area contributed by atoms with Crippen LogP contribution in [0, 0.1) is 13.8 Å². The highest BCUT2D eigenvalue weighted by Gasteiger charge is 2.36. The molecule has 1 saturated heterocycles. The average Bonchev–Trinajstić information content (AvgIpc) is 2.86. The third kappa shape index (κ3) is 4.13. The van der Waals surface area contributed by atoms with E-state index in [1.54, 1.807) is 0 Å². The molecule has 0 atom stereocenters. The fraction of sp³-hybridized carbons (Fsp3) is 0.364. The first-order valence-corrected chi connectivity index (χ1v) is 9.12. The molecule has 0 N–H and O–H groups in total. The van der Waals surface area contributed by atoms with Gasteiger partial charge in [0.2, 0.25) is 0 Å². The molecule has 5 nitrogen and oxygen atoms in total. The van der Waals surface area contributed by atoms with Gasteiger partial charge in [0, 0.05) is 5.69 Å². The van der Waals surface area contributed by atoms with Crippen molar-refractivity contribution in [1.82, 2.24) is 4.90 Å². The van der Waals surface area contributed by atoms with Crippen LogP contribution in [0.25, 0.3) is 0 Å². The van der Waals surface area contributed by atoms with Crippen molar-refractivity contribution < 1.29 is 14.3 Å². The molecule has 2 aromatic carbocycles. The first-order valence-electron chi connectivity index (χ1n) is 9.12. The minimum Gasteiger partial charge on any atom is -0.488 e. The maximum atomic E-state index is 12.8. The summed E-state index contributed by atoms with van der Waals surface area (Å²) in [4.78, 5) is 28.0. The Labute approximate surface area is 160 Å². The largest absolute Gasteiger partial charge is 0.488 e. The summed E-state index contributed by atoms with van der Waals surface area (Å²) in [6, 6.07) is 13.0. The predicted molar refractivity (Wildman–Crippen MR) is 106 cm³/mol. The van der Waals surface area contributed by atoms with Crippen LogP contribution in [0.1, 0.15) is 37.5 Å².